The van der Waals surface area contributed by atoms with E-state index in [1.807, 2.05) is 36.4 Å². The van der Waals surface area contributed by atoms with Crippen LogP contribution in [0, 0.1) is 5.92 Å². The van der Waals surface area contributed by atoms with Crippen molar-refractivity contribution in [3.8, 4) is 0 Å². The molecule has 8 heteroatoms. The Bertz CT molecular complexity index is 1360. The third-order valence-electron chi connectivity index (χ3n) is 8.25. The van der Waals surface area contributed by atoms with E-state index in [0.717, 1.165) is 47.5 Å². The van der Waals surface area contributed by atoms with Gasteiger partial charge in [0.05, 0.1) is 0 Å². The van der Waals surface area contributed by atoms with E-state index in [4.69, 9.17) is 0 Å². The van der Waals surface area contributed by atoms with E-state index in [1.54, 1.807) is 6.07 Å². The zero-order chi connectivity index (χ0) is 28.0. The summed E-state index contributed by atoms with van der Waals surface area (Å²) in [5.41, 5.74) is 0.868. The van der Waals surface area contributed by atoms with Crippen LogP contribution in [0.5, 0.6) is 0 Å². The van der Waals surface area contributed by atoms with Crippen molar-refractivity contribution in [2.24, 2.45) is 5.92 Å². The Kier molecular flexibility index (Phi) is 9.17. The van der Waals surface area contributed by atoms with E-state index < -0.39 is 5.54 Å². The molecule has 210 valence electrons. The second-order valence-corrected chi connectivity index (χ2v) is 12.0. The summed E-state index contributed by atoms with van der Waals surface area (Å²) in [5, 5.41) is 14.6. The maximum atomic E-state index is 13.3. The minimum Gasteiger partial charge on any atom is -0.356 e. The monoisotopic (exact) mass is 604 g/mol. The van der Waals surface area contributed by atoms with Crippen molar-refractivity contribution in [1.29, 1.82) is 0 Å². The molecule has 2 aliphatic rings. The second-order valence-electron chi connectivity index (χ2n) is 11.1. The Balaban J connectivity index is 1.09. The fourth-order valence-electron chi connectivity index (χ4n) is 5.96. The lowest BCUT2D eigenvalue weighted by Gasteiger charge is -2.31. The minimum atomic E-state index is -0.941. The van der Waals surface area contributed by atoms with Crippen LogP contribution in [0.3, 0.4) is 0 Å². The number of nitrogens with one attached hydrogen (secondary N) is 4. The highest BCUT2D eigenvalue weighted by Crippen LogP contribution is 2.31. The first-order chi connectivity index (χ1) is 19.4. The van der Waals surface area contributed by atoms with Crippen molar-refractivity contribution in [3.63, 3.8) is 0 Å². The molecule has 3 amide bonds. The molecule has 0 aromatic heterocycles. The van der Waals surface area contributed by atoms with Gasteiger partial charge in [-0.1, -0.05) is 71.2 Å². The molecule has 1 aliphatic carbocycles. The number of piperidine rings is 1. The zero-order valence-corrected chi connectivity index (χ0v) is 24.3. The molecule has 2 unspecified atom stereocenters. The Morgan fingerprint density at radius 3 is 2.48 bits per heavy atom. The molecule has 3 aromatic carbocycles. The first kappa shape index (κ1) is 28.3. The minimum absolute atomic E-state index is 0.0672. The molecule has 7 nitrogen and oxygen atoms in total. The molecule has 1 heterocycles. The summed E-state index contributed by atoms with van der Waals surface area (Å²) in [6, 6.07) is 22.2. The van der Waals surface area contributed by atoms with Crippen LogP contribution in [0.2, 0.25) is 0 Å². The molecule has 0 radical (unpaired) electrons. The Labute approximate surface area is 244 Å². The Morgan fingerprint density at radius 2 is 1.68 bits per heavy atom. The summed E-state index contributed by atoms with van der Waals surface area (Å²) in [5.74, 6) is -0.115. The third-order valence-corrected chi connectivity index (χ3v) is 8.74. The van der Waals surface area contributed by atoms with Crippen molar-refractivity contribution in [1.82, 2.24) is 21.3 Å². The van der Waals surface area contributed by atoms with Crippen LogP contribution in [0.1, 0.15) is 66.9 Å². The van der Waals surface area contributed by atoms with Gasteiger partial charge in [0.15, 0.2) is 0 Å². The highest BCUT2D eigenvalue weighted by Gasteiger charge is 2.42. The summed E-state index contributed by atoms with van der Waals surface area (Å²) in [6.07, 6.45) is 5.16. The zero-order valence-electron chi connectivity index (χ0n) is 22.7. The Hall–Kier alpha value is -3.23. The SMILES string of the molecule is O=C(CCNC(=O)C1(NC(=O)c2ccc3cc(Br)ccc3c2)CCCC1)NCC1CCNC(c2ccccc2)C1. The fourth-order valence-corrected chi connectivity index (χ4v) is 6.34. The molecule has 3 aromatic rings. The number of carbonyl (C=O) groups is 3. The molecule has 0 spiro atoms. The summed E-state index contributed by atoms with van der Waals surface area (Å²) in [7, 11) is 0. The van der Waals surface area contributed by atoms with Crippen LogP contribution in [0.4, 0.5) is 0 Å². The quantitative estimate of drug-likeness (QED) is 0.276. The topological polar surface area (TPSA) is 99.3 Å². The number of benzene rings is 3. The number of halogens is 1. The molecule has 1 aliphatic heterocycles. The van der Waals surface area contributed by atoms with Gasteiger partial charge in [-0.3, -0.25) is 14.4 Å². The maximum Gasteiger partial charge on any atom is 0.252 e. The molecule has 0 bridgehead atoms. The number of hydrogen-bond acceptors (Lipinski definition) is 4. The van der Waals surface area contributed by atoms with Gasteiger partial charge in [0.25, 0.3) is 5.91 Å². The van der Waals surface area contributed by atoms with Crippen LogP contribution in [0.15, 0.2) is 71.2 Å². The number of hydrogen-bond donors (Lipinski definition) is 4. The van der Waals surface area contributed by atoms with E-state index >= 15 is 0 Å². The first-order valence-electron chi connectivity index (χ1n) is 14.3. The summed E-state index contributed by atoms with van der Waals surface area (Å²) in [4.78, 5) is 39.0. The molecule has 40 heavy (non-hydrogen) atoms. The largest absolute Gasteiger partial charge is 0.356 e. The van der Waals surface area contributed by atoms with Crippen LogP contribution < -0.4 is 21.3 Å². The smallest absolute Gasteiger partial charge is 0.252 e. The van der Waals surface area contributed by atoms with Crippen LogP contribution in [-0.2, 0) is 9.59 Å². The second kappa shape index (κ2) is 13.0. The molecule has 1 saturated carbocycles. The fraction of sp³-hybridized carbons (Fsp3) is 0.406. The number of fused-ring (bicyclic) bond motifs is 1. The summed E-state index contributed by atoms with van der Waals surface area (Å²) in [6.45, 7) is 1.81. The number of carbonyl (C=O) groups excluding carboxylic acids is 3. The van der Waals surface area contributed by atoms with Gasteiger partial charge in [-0.15, -0.1) is 0 Å². The van der Waals surface area contributed by atoms with Crippen molar-refractivity contribution in [3.05, 3.63) is 82.3 Å². The van der Waals surface area contributed by atoms with E-state index in [9.17, 15) is 14.4 Å². The van der Waals surface area contributed by atoms with Gasteiger partial charge in [0.1, 0.15) is 5.54 Å². The summed E-state index contributed by atoms with van der Waals surface area (Å²) < 4.78 is 0.982. The molecular weight excluding hydrogens is 568 g/mol. The van der Waals surface area contributed by atoms with Crippen molar-refractivity contribution in [2.75, 3.05) is 19.6 Å². The van der Waals surface area contributed by atoms with E-state index in [-0.39, 0.29) is 30.7 Å². The van der Waals surface area contributed by atoms with E-state index in [2.05, 4.69) is 61.5 Å². The molecule has 2 fully saturated rings. The highest BCUT2D eigenvalue weighted by atomic mass is 79.9. The average Bonchev–Trinajstić information content (AvgIpc) is 3.46. The van der Waals surface area contributed by atoms with Crippen LogP contribution >= 0.6 is 15.9 Å². The van der Waals surface area contributed by atoms with Crippen LogP contribution in [-0.4, -0.2) is 42.9 Å². The molecule has 4 N–H and O–H groups in total. The normalized spacial score (nSPS) is 20.1. The van der Waals surface area contributed by atoms with Crippen molar-refractivity contribution in [2.45, 2.75) is 56.5 Å². The van der Waals surface area contributed by atoms with E-state index in [0.29, 0.717) is 36.9 Å². The van der Waals surface area contributed by atoms with Gasteiger partial charge >= 0.3 is 0 Å². The van der Waals surface area contributed by atoms with Gasteiger partial charge in [-0.25, -0.2) is 0 Å². The molecular formula is C32H37BrN4O3. The van der Waals surface area contributed by atoms with Gasteiger partial charge in [-0.2, -0.15) is 0 Å². The van der Waals surface area contributed by atoms with Crippen LogP contribution in [0.25, 0.3) is 10.8 Å². The predicted octanol–water partition coefficient (Wildman–Crippen LogP) is 5.01. The van der Waals surface area contributed by atoms with Gasteiger partial charge < -0.3 is 21.3 Å². The number of rotatable bonds is 9. The maximum absolute atomic E-state index is 13.3. The highest BCUT2D eigenvalue weighted by molar-refractivity contribution is 9.10. The average molecular weight is 606 g/mol. The summed E-state index contributed by atoms with van der Waals surface area (Å²) >= 11 is 3.48. The van der Waals surface area contributed by atoms with Gasteiger partial charge in [-0.05, 0) is 78.7 Å². The lowest BCUT2D eigenvalue weighted by atomic mass is 9.88. The Morgan fingerprint density at radius 1 is 0.925 bits per heavy atom. The molecule has 1 saturated heterocycles. The molecule has 2 atom stereocenters. The van der Waals surface area contributed by atoms with Gasteiger partial charge in [0.2, 0.25) is 11.8 Å². The molecule has 5 rings (SSSR count). The number of amides is 3. The van der Waals surface area contributed by atoms with E-state index in [1.165, 1.54) is 5.56 Å². The van der Waals surface area contributed by atoms with Crippen molar-refractivity contribution >= 4 is 44.4 Å². The first-order valence-corrected chi connectivity index (χ1v) is 15.1. The van der Waals surface area contributed by atoms with Crippen molar-refractivity contribution < 1.29 is 14.4 Å². The predicted molar refractivity (Wildman–Crippen MR) is 161 cm³/mol. The standard InChI is InChI=1S/C32H37BrN4O3/c33-27-11-10-24-19-26(9-8-25(24)20-27)30(39)37-32(14-4-5-15-32)31(40)35-17-13-29(38)36-21-22-12-16-34-28(18-22)23-6-2-1-3-7-23/h1-3,6-11,19-20,22,28,34H,4-5,12-18,21H2,(H,35,40)(H,36,38)(H,37,39). The van der Waals surface area contributed by atoms with Gasteiger partial charge in [0, 0.05) is 35.6 Å². The lowest BCUT2D eigenvalue weighted by molar-refractivity contribution is -0.127. The third kappa shape index (κ3) is 6.91. The lowest BCUT2D eigenvalue weighted by Crippen LogP contribution is -2.57.